The lowest BCUT2D eigenvalue weighted by Crippen LogP contribution is -2.22. The molecule has 0 bridgehead atoms. The van der Waals surface area contributed by atoms with Gasteiger partial charge in [-0.25, -0.2) is 4.98 Å². The summed E-state index contributed by atoms with van der Waals surface area (Å²) >= 11 is 6.34. The average Bonchev–Trinajstić information content (AvgIpc) is 2.84. The predicted octanol–water partition coefficient (Wildman–Crippen LogP) is 7.83. The number of hydrogen-bond acceptors (Lipinski definition) is 4. The van der Waals surface area contributed by atoms with Crippen LogP contribution in [0.25, 0.3) is 0 Å². The van der Waals surface area contributed by atoms with Gasteiger partial charge in [0.05, 0.1) is 0 Å². The molecule has 0 atom stereocenters. The molecule has 2 fully saturated rings. The van der Waals surface area contributed by atoms with Crippen molar-refractivity contribution in [1.82, 2.24) is 15.0 Å². The zero-order chi connectivity index (χ0) is 20.2. The van der Waals surface area contributed by atoms with Crippen molar-refractivity contribution in [1.29, 1.82) is 0 Å². The average molecular weight is 421 g/mol. The van der Waals surface area contributed by atoms with Crippen LogP contribution >= 0.6 is 11.6 Å². The third-order valence-electron chi connectivity index (χ3n) is 6.78. The van der Waals surface area contributed by atoms with E-state index in [2.05, 4.69) is 15.3 Å². The fourth-order valence-electron chi connectivity index (χ4n) is 4.99. The van der Waals surface area contributed by atoms with Crippen molar-refractivity contribution in [3.63, 3.8) is 0 Å². The number of halogens is 1. The van der Waals surface area contributed by atoms with Crippen LogP contribution in [0, 0.1) is 0 Å². The maximum absolute atomic E-state index is 6.34. The summed E-state index contributed by atoms with van der Waals surface area (Å²) in [5.41, 5.74) is 0. The molecule has 0 unspecified atom stereocenters. The van der Waals surface area contributed by atoms with Gasteiger partial charge in [-0.1, -0.05) is 96.3 Å². The van der Waals surface area contributed by atoms with Gasteiger partial charge in [-0.2, -0.15) is 9.97 Å². The van der Waals surface area contributed by atoms with E-state index in [1.165, 1.54) is 122 Å². The van der Waals surface area contributed by atoms with E-state index in [0.717, 1.165) is 5.82 Å². The molecule has 3 rings (SSSR count). The number of nitrogens with one attached hydrogen (secondary N) is 1. The van der Waals surface area contributed by atoms with Gasteiger partial charge in [0.15, 0.2) is 0 Å². The second-order valence-corrected chi connectivity index (χ2v) is 9.62. The molecular weight excluding hydrogens is 380 g/mol. The quantitative estimate of drug-likeness (QED) is 0.541. The van der Waals surface area contributed by atoms with Crippen LogP contribution in [-0.2, 0) is 0 Å². The highest BCUT2D eigenvalue weighted by Crippen LogP contribution is 2.29. The van der Waals surface area contributed by atoms with Gasteiger partial charge in [0.2, 0.25) is 11.2 Å². The Bertz CT molecular complexity index is 558. The summed E-state index contributed by atoms with van der Waals surface area (Å²) < 4.78 is 0. The molecule has 0 aromatic carbocycles. The Balaban J connectivity index is 1.63. The van der Waals surface area contributed by atoms with Crippen LogP contribution in [0.2, 0.25) is 5.28 Å². The van der Waals surface area contributed by atoms with E-state index in [-0.39, 0.29) is 0 Å². The fourth-order valence-corrected chi connectivity index (χ4v) is 5.16. The van der Waals surface area contributed by atoms with Crippen LogP contribution in [0.5, 0.6) is 0 Å². The molecule has 2 saturated carbocycles. The van der Waals surface area contributed by atoms with Crippen LogP contribution in [0.15, 0.2) is 0 Å². The minimum absolute atomic E-state index is 0.352. The van der Waals surface area contributed by atoms with Gasteiger partial charge in [-0.05, 0) is 37.3 Å². The highest BCUT2D eigenvalue weighted by atomic mass is 35.5. The largest absolute Gasteiger partial charge is 0.351 e. The molecular formula is C24H41ClN4. The molecule has 5 heteroatoms. The Morgan fingerprint density at radius 2 is 1.00 bits per heavy atom. The van der Waals surface area contributed by atoms with Gasteiger partial charge in [0.25, 0.3) is 0 Å². The van der Waals surface area contributed by atoms with Crippen LogP contribution in [0.1, 0.15) is 134 Å². The normalized spacial score (nSPS) is 22.5. The molecule has 2 aliphatic rings. The topological polar surface area (TPSA) is 50.7 Å². The third-order valence-corrected chi connectivity index (χ3v) is 6.95. The van der Waals surface area contributed by atoms with Crippen LogP contribution in [0.3, 0.4) is 0 Å². The Hall–Kier alpha value is -0.900. The van der Waals surface area contributed by atoms with E-state index < -0.39 is 0 Å². The molecule has 1 aromatic heterocycles. The van der Waals surface area contributed by atoms with Crippen molar-refractivity contribution in [3.05, 3.63) is 11.1 Å². The first-order valence-electron chi connectivity index (χ1n) is 12.5. The second kappa shape index (κ2) is 13.4. The molecule has 2 aliphatic carbocycles. The minimum Gasteiger partial charge on any atom is -0.351 e. The summed E-state index contributed by atoms with van der Waals surface area (Å²) in [4.78, 5) is 13.9. The van der Waals surface area contributed by atoms with E-state index in [0.29, 0.717) is 23.2 Å². The van der Waals surface area contributed by atoms with Gasteiger partial charge >= 0.3 is 0 Å². The molecule has 29 heavy (non-hydrogen) atoms. The molecule has 0 amide bonds. The summed E-state index contributed by atoms with van der Waals surface area (Å²) in [7, 11) is 0. The first-order valence-corrected chi connectivity index (χ1v) is 12.9. The summed E-state index contributed by atoms with van der Waals surface area (Å²) in [6.07, 6.45) is 25.1. The van der Waals surface area contributed by atoms with Gasteiger partial charge in [0, 0.05) is 12.0 Å². The molecule has 0 saturated heterocycles. The number of nitrogens with zero attached hydrogens (tertiary/aromatic N) is 3. The van der Waals surface area contributed by atoms with Crippen molar-refractivity contribution >= 4 is 17.5 Å². The van der Waals surface area contributed by atoms with E-state index in [1.54, 1.807) is 0 Å². The van der Waals surface area contributed by atoms with Crippen LogP contribution in [-0.4, -0.2) is 21.0 Å². The maximum Gasteiger partial charge on any atom is 0.227 e. The lowest BCUT2D eigenvalue weighted by molar-refractivity contribution is 0.477. The second-order valence-electron chi connectivity index (χ2n) is 9.28. The van der Waals surface area contributed by atoms with Gasteiger partial charge in [0.1, 0.15) is 5.82 Å². The predicted molar refractivity (Wildman–Crippen MR) is 123 cm³/mol. The number of hydrogen-bond donors (Lipinski definition) is 1. The lowest BCUT2D eigenvalue weighted by atomic mass is 9.96. The van der Waals surface area contributed by atoms with E-state index in [1.807, 2.05) is 0 Å². The Labute approximate surface area is 183 Å². The maximum atomic E-state index is 6.34. The lowest BCUT2D eigenvalue weighted by Gasteiger charge is -2.21. The molecule has 0 spiro atoms. The molecule has 1 aromatic rings. The number of rotatable bonds is 3. The molecule has 0 aliphatic heterocycles. The van der Waals surface area contributed by atoms with Crippen LogP contribution in [0.4, 0.5) is 5.95 Å². The minimum atomic E-state index is 0.352. The molecule has 1 N–H and O–H groups in total. The molecule has 1 heterocycles. The zero-order valence-electron chi connectivity index (χ0n) is 18.3. The van der Waals surface area contributed by atoms with Crippen LogP contribution < -0.4 is 5.32 Å². The monoisotopic (exact) mass is 420 g/mol. The van der Waals surface area contributed by atoms with Crippen molar-refractivity contribution < 1.29 is 0 Å². The third kappa shape index (κ3) is 8.78. The molecule has 0 radical (unpaired) electrons. The van der Waals surface area contributed by atoms with E-state index in [9.17, 15) is 0 Å². The SMILES string of the molecule is Clc1nc(NC2CCCCCCCCCCC2)nc(C2CCCCCCCC2)n1. The highest BCUT2D eigenvalue weighted by Gasteiger charge is 2.19. The van der Waals surface area contributed by atoms with Gasteiger partial charge in [-0.3, -0.25) is 0 Å². The van der Waals surface area contributed by atoms with Crippen molar-refractivity contribution in [3.8, 4) is 0 Å². The Kier molecular flexibility index (Phi) is 10.5. The summed E-state index contributed by atoms with van der Waals surface area (Å²) in [5.74, 6) is 2.06. The summed E-state index contributed by atoms with van der Waals surface area (Å²) in [6, 6.07) is 0.460. The number of anilines is 1. The number of aromatic nitrogens is 3. The first kappa shape index (κ1) is 22.8. The summed E-state index contributed by atoms with van der Waals surface area (Å²) in [5, 5.41) is 4.00. The zero-order valence-corrected chi connectivity index (χ0v) is 19.1. The smallest absolute Gasteiger partial charge is 0.227 e. The van der Waals surface area contributed by atoms with E-state index in [4.69, 9.17) is 16.6 Å². The van der Waals surface area contributed by atoms with Crippen molar-refractivity contribution in [2.75, 3.05) is 5.32 Å². The van der Waals surface area contributed by atoms with Gasteiger partial charge in [-0.15, -0.1) is 0 Å². The molecule has 164 valence electrons. The van der Waals surface area contributed by atoms with E-state index >= 15 is 0 Å². The highest BCUT2D eigenvalue weighted by molar-refractivity contribution is 6.28. The fraction of sp³-hybridized carbons (Fsp3) is 0.875. The Morgan fingerprint density at radius 3 is 1.52 bits per heavy atom. The van der Waals surface area contributed by atoms with Gasteiger partial charge < -0.3 is 5.32 Å². The first-order chi connectivity index (χ1) is 14.3. The van der Waals surface area contributed by atoms with Crippen molar-refractivity contribution in [2.24, 2.45) is 0 Å². The standard InChI is InChI=1S/C24H41ClN4/c25-23-27-22(20-16-12-8-6-7-9-13-17-20)28-24(29-23)26-21-18-14-10-4-2-1-3-5-11-15-19-21/h20-21H,1-19H2,(H,26,27,28,29). The van der Waals surface area contributed by atoms with Crippen molar-refractivity contribution in [2.45, 2.75) is 134 Å². The molecule has 4 nitrogen and oxygen atoms in total. The summed E-state index contributed by atoms with van der Waals surface area (Å²) in [6.45, 7) is 0. The Morgan fingerprint density at radius 1 is 0.552 bits per heavy atom.